The predicted molar refractivity (Wildman–Crippen MR) is 139 cm³/mol. The molecule has 1 saturated heterocycles. The summed E-state index contributed by atoms with van der Waals surface area (Å²) in [5, 5.41) is 3.49. The molecule has 1 aliphatic heterocycles. The first kappa shape index (κ1) is 25.4. The van der Waals surface area contributed by atoms with Crippen molar-refractivity contribution in [2.24, 2.45) is 5.92 Å². The first-order chi connectivity index (χ1) is 18.4. The Labute approximate surface area is 225 Å². The van der Waals surface area contributed by atoms with Gasteiger partial charge in [0.2, 0.25) is 11.8 Å². The molecule has 3 unspecified atom stereocenters. The number of hydrogen-bond acceptors (Lipinski definition) is 6. The number of nitrogens with zero attached hydrogens (tertiary/aromatic N) is 5. The molecule has 202 valence electrons. The average Bonchev–Trinajstić information content (AvgIpc) is 3.40. The van der Waals surface area contributed by atoms with Gasteiger partial charge in [-0.2, -0.15) is 13.2 Å². The first-order valence-electron chi connectivity index (χ1n) is 12.3. The maximum atomic E-state index is 13.8. The molecule has 3 aromatic heterocycles. The molecule has 1 aromatic carbocycles. The van der Waals surface area contributed by atoms with Crippen LogP contribution in [0.5, 0.6) is 0 Å². The van der Waals surface area contributed by atoms with Gasteiger partial charge in [-0.1, -0.05) is 17.7 Å². The van der Waals surface area contributed by atoms with Crippen LogP contribution in [0, 0.1) is 19.8 Å². The Morgan fingerprint density at radius 3 is 2.67 bits per heavy atom. The number of rotatable bonds is 4. The maximum absolute atomic E-state index is 13.8. The van der Waals surface area contributed by atoms with E-state index in [9.17, 15) is 22.8 Å². The zero-order chi connectivity index (χ0) is 27.8. The number of hydrogen-bond donors (Lipinski definition) is 2. The van der Waals surface area contributed by atoms with Gasteiger partial charge in [0.15, 0.2) is 0 Å². The largest absolute Gasteiger partial charge is 0.416 e. The van der Waals surface area contributed by atoms with E-state index in [0.717, 1.165) is 24.1 Å². The number of nitrogens with two attached hydrogens (primary N) is 1. The zero-order valence-corrected chi connectivity index (χ0v) is 21.6. The molecule has 6 rings (SSSR count). The quantitative estimate of drug-likeness (QED) is 0.357. The molecule has 9 nitrogen and oxygen atoms in total. The van der Waals surface area contributed by atoms with Crippen LogP contribution in [0.25, 0.3) is 21.9 Å². The van der Waals surface area contributed by atoms with Crippen LogP contribution in [0.4, 0.5) is 24.8 Å². The number of fused-ring (bicyclic) bond motifs is 4. The minimum Gasteiger partial charge on any atom is -0.383 e. The van der Waals surface area contributed by atoms with Gasteiger partial charge in [-0.15, -0.1) is 0 Å². The van der Waals surface area contributed by atoms with Crippen LogP contribution in [-0.2, 0) is 22.3 Å². The molecule has 4 aromatic rings. The van der Waals surface area contributed by atoms with Crippen LogP contribution in [0.1, 0.15) is 29.5 Å². The third-order valence-electron chi connectivity index (χ3n) is 7.57. The van der Waals surface area contributed by atoms with E-state index in [2.05, 4.69) is 20.3 Å². The number of benzene rings is 1. The second-order valence-corrected chi connectivity index (χ2v) is 10.5. The summed E-state index contributed by atoms with van der Waals surface area (Å²) in [6.45, 7) is 3.10. The van der Waals surface area contributed by atoms with E-state index in [1.165, 1.54) is 6.33 Å². The lowest BCUT2D eigenvalue weighted by molar-refractivity contribution is -0.138. The molecule has 1 saturated carbocycles. The van der Waals surface area contributed by atoms with Crippen LogP contribution in [0.3, 0.4) is 0 Å². The fraction of sp³-hybridized carbons (Fsp3) is 0.346. The summed E-state index contributed by atoms with van der Waals surface area (Å²) < 4.78 is 42.4. The standard InChI is InChI=1S/C26H23ClF3N7O2/c1-11-3-4-18(27)34-23(11)35-25(39)17-7-13-6-16(13)37(17)19(38)9-36-21-12(2)5-14(26(28,29)30)8-15(21)20-22(31)32-10-33-24(20)36/h3-5,8,10,13,16-17H,6-7,9H2,1-2H3,(H2,31,32,33)(H,34,35,39). The summed E-state index contributed by atoms with van der Waals surface area (Å²) in [4.78, 5) is 41.1. The SMILES string of the molecule is Cc1ccc(Cl)nc1NC(=O)C1CC2CC2N1C(=O)Cn1c2ncnc(N)c2c2cc(C(F)(F)F)cc(C)c21. The van der Waals surface area contributed by atoms with Gasteiger partial charge in [0.1, 0.15) is 41.3 Å². The van der Waals surface area contributed by atoms with Crippen molar-refractivity contribution in [3.05, 3.63) is 52.4 Å². The highest BCUT2D eigenvalue weighted by atomic mass is 35.5. The van der Waals surface area contributed by atoms with E-state index in [-0.39, 0.29) is 57.7 Å². The van der Waals surface area contributed by atoms with Crippen molar-refractivity contribution in [2.45, 2.75) is 51.5 Å². The number of pyridine rings is 1. The van der Waals surface area contributed by atoms with Crippen LogP contribution >= 0.6 is 11.6 Å². The van der Waals surface area contributed by atoms with Gasteiger partial charge in [-0.3, -0.25) is 9.59 Å². The van der Waals surface area contributed by atoms with Gasteiger partial charge < -0.3 is 20.5 Å². The van der Waals surface area contributed by atoms with Gasteiger partial charge in [-0.05, 0) is 61.9 Å². The molecule has 2 amide bonds. The van der Waals surface area contributed by atoms with Gasteiger partial charge in [0.25, 0.3) is 0 Å². The van der Waals surface area contributed by atoms with Crippen molar-refractivity contribution in [3.8, 4) is 0 Å². The number of nitrogens with one attached hydrogen (secondary N) is 1. The van der Waals surface area contributed by atoms with Gasteiger partial charge in [-0.25, -0.2) is 15.0 Å². The summed E-state index contributed by atoms with van der Waals surface area (Å²) in [5.74, 6) is -0.157. The smallest absolute Gasteiger partial charge is 0.383 e. The number of piperidine rings is 1. The Kier molecular flexibility index (Phi) is 5.72. The van der Waals surface area contributed by atoms with E-state index >= 15 is 0 Å². The van der Waals surface area contributed by atoms with E-state index in [1.807, 2.05) is 0 Å². The van der Waals surface area contributed by atoms with Crippen molar-refractivity contribution >= 4 is 57.0 Å². The number of carbonyl (C=O) groups is 2. The lowest BCUT2D eigenvalue weighted by Gasteiger charge is -2.27. The highest BCUT2D eigenvalue weighted by Crippen LogP contribution is 2.48. The molecule has 0 radical (unpaired) electrons. The van der Waals surface area contributed by atoms with E-state index in [1.54, 1.807) is 35.4 Å². The molecule has 0 bridgehead atoms. The van der Waals surface area contributed by atoms with Crippen molar-refractivity contribution < 1.29 is 22.8 Å². The molecule has 1 aliphatic carbocycles. The van der Waals surface area contributed by atoms with Crippen molar-refractivity contribution in [1.29, 1.82) is 0 Å². The molecule has 4 heterocycles. The van der Waals surface area contributed by atoms with Crippen molar-refractivity contribution in [2.75, 3.05) is 11.1 Å². The lowest BCUT2D eigenvalue weighted by atomic mass is 10.1. The normalized spacial score (nSPS) is 20.5. The molecular formula is C26H23ClF3N7O2. The highest BCUT2D eigenvalue weighted by Gasteiger charge is 2.56. The van der Waals surface area contributed by atoms with Crippen LogP contribution in [-0.4, -0.2) is 48.3 Å². The minimum atomic E-state index is -4.57. The summed E-state index contributed by atoms with van der Waals surface area (Å²) in [6, 6.07) is 4.61. The predicted octanol–water partition coefficient (Wildman–Crippen LogP) is 4.48. The number of carbonyl (C=O) groups excluding carboxylic acids is 2. The highest BCUT2D eigenvalue weighted by molar-refractivity contribution is 6.29. The molecule has 0 spiro atoms. The number of alkyl halides is 3. The second-order valence-electron chi connectivity index (χ2n) is 10.1. The monoisotopic (exact) mass is 557 g/mol. The topological polar surface area (TPSA) is 119 Å². The molecule has 2 fully saturated rings. The molecule has 3 atom stereocenters. The Hall–Kier alpha value is -3.93. The Balaban J connectivity index is 1.37. The fourth-order valence-electron chi connectivity index (χ4n) is 5.70. The third-order valence-corrected chi connectivity index (χ3v) is 7.78. The number of aromatic nitrogens is 4. The number of amides is 2. The fourth-order valence-corrected chi connectivity index (χ4v) is 5.85. The van der Waals surface area contributed by atoms with E-state index < -0.39 is 17.8 Å². The summed E-state index contributed by atoms with van der Waals surface area (Å²) in [5.41, 5.74) is 6.94. The Bertz CT molecular complexity index is 1690. The van der Waals surface area contributed by atoms with E-state index in [4.69, 9.17) is 17.3 Å². The average molecular weight is 558 g/mol. The van der Waals surface area contributed by atoms with Gasteiger partial charge >= 0.3 is 6.18 Å². The number of nitrogen functional groups attached to an aromatic ring is 1. The Morgan fingerprint density at radius 1 is 1.15 bits per heavy atom. The first-order valence-corrected chi connectivity index (χ1v) is 12.7. The molecule has 39 heavy (non-hydrogen) atoms. The van der Waals surface area contributed by atoms with Crippen molar-refractivity contribution in [1.82, 2.24) is 24.4 Å². The van der Waals surface area contributed by atoms with Crippen LogP contribution in [0.15, 0.2) is 30.6 Å². The molecule has 3 N–H and O–H groups in total. The number of anilines is 2. The number of likely N-dealkylation sites (tertiary alicyclic amines) is 1. The maximum Gasteiger partial charge on any atom is 0.416 e. The summed E-state index contributed by atoms with van der Waals surface area (Å²) in [7, 11) is 0. The van der Waals surface area contributed by atoms with Crippen LogP contribution in [0.2, 0.25) is 5.15 Å². The third kappa shape index (κ3) is 4.22. The van der Waals surface area contributed by atoms with Gasteiger partial charge in [0, 0.05) is 11.4 Å². The number of halogens is 4. The van der Waals surface area contributed by atoms with Crippen molar-refractivity contribution in [3.63, 3.8) is 0 Å². The summed E-state index contributed by atoms with van der Waals surface area (Å²) in [6.07, 6.45) is -2.06. The zero-order valence-electron chi connectivity index (χ0n) is 20.9. The molecule has 13 heteroatoms. The summed E-state index contributed by atoms with van der Waals surface area (Å²) >= 11 is 5.99. The molecular weight excluding hydrogens is 535 g/mol. The van der Waals surface area contributed by atoms with E-state index in [0.29, 0.717) is 23.3 Å². The second kappa shape index (κ2) is 8.80. The minimum absolute atomic E-state index is 0.0139. The number of aryl methyl sites for hydroxylation is 2. The van der Waals surface area contributed by atoms with Crippen LogP contribution < -0.4 is 11.1 Å². The molecule has 2 aliphatic rings. The Morgan fingerprint density at radius 2 is 1.92 bits per heavy atom. The van der Waals surface area contributed by atoms with Gasteiger partial charge in [0.05, 0.1) is 16.5 Å². The lowest BCUT2D eigenvalue weighted by Crippen LogP contribution is -2.46.